The lowest BCUT2D eigenvalue weighted by Crippen LogP contribution is -2.49. The van der Waals surface area contributed by atoms with Gasteiger partial charge in [-0.1, -0.05) is 0 Å². The molecule has 0 atom stereocenters. The number of aliphatic imine (C=N–C) groups is 1. The lowest BCUT2D eigenvalue weighted by molar-refractivity contribution is 0.0476. The number of ether oxygens (including phenoxy) is 1. The molecule has 1 heterocycles. The average Bonchev–Trinajstić information content (AvgIpc) is 2.92. The number of guanidine groups is 1. The number of carbonyl (C=O) groups excluding carboxylic acids is 1. The molecule has 1 rings (SSSR count). The molecule has 1 aromatic rings. The number of aromatic nitrogens is 1. The minimum atomic E-state index is -0.518. The summed E-state index contributed by atoms with van der Waals surface area (Å²) in [7, 11) is 0. The second-order valence-electron chi connectivity index (χ2n) is 8.12. The first-order valence-electron chi connectivity index (χ1n) is 9.45. The number of hydrogen-bond acceptors (Lipinski definition) is 5. The molecule has 9 heteroatoms. The van der Waals surface area contributed by atoms with Gasteiger partial charge in [-0.05, 0) is 54.9 Å². The van der Waals surface area contributed by atoms with E-state index in [4.69, 9.17) is 4.74 Å². The van der Waals surface area contributed by atoms with Gasteiger partial charge in [-0.2, -0.15) is 0 Å². The predicted octanol–water partition coefficient (Wildman–Crippen LogP) is 3.86. The van der Waals surface area contributed by atoms with Crippen molar-refractivity contribution in [2.45, 2.75) is 72.4 Å². The van der Waals surface area contributed by atoms with Gasteiger partial charge in [0.1, 0.15) is 5.60 Å². The fourth-order valence-corrected chi connectivity index (χ4v) is 3.02. The summed E-state index contributed by atoms with van der Waals surface area (Å²) in [4.78, 5) is 21.0. The molecule has 0 fully saturated rings. The molecule has 0 bridgehead atoms. The molecule has 0 saturated carbocycles. The van der Waals surface area contributed by atoms with Gasteiger partial charge >= 0.3 is 6.09 Å². The first-order chi connectivity index (χ1) is 12.5. The van der Waals surface area contributed by atoms with E-state index in [0.29, 0.717) is 6.54 Å². The van der Waals surface area contributed by atoms with E-state index in [1.165, 1.54) is 5.01 Å². The summed E-state index contributed by atoms with van der Waals surface area (Å²) in [6.07, 6.45) is 1.51. The third kappa shape index (κ3) is 12.4. The standard InChI is InChI=1S/C19H35N5O2S.HI/c1-8-20-16(21-11-9-10-15-23-14(2)12-27-15)22-13-19(6,7)24-17(25)26-18(3,4)5;/h12H,8-11,13H2,1-7H3,(H,24,25)(H2,20,21,22);1H. The van der Waals surface area contributed by atoms with Gasteiger partial charge in [0.2, 0.25) is 0 Å². The summed E-state index contributed by atoms with van der Waals surface area (Å²) >= 11 is 1.70. The normalized spacial score (nSPS) is 12.2. The molecule has 162 valence electrons. The molecule has 0 spiro atoms. The van der Waals surface area contributed by atoms with Gasteiger partial charge in [0, 0.05) is 30.6 Å². The first-order valence-corrected chi connectivity index (χ1v) is 10.3. The lowest BCUT2D eigenvalue weighted by Gasteiger charge is -2.27. The number of amides is 1. The van der Waals surface area contributed by atoms with E-state index in [1.54, 1.807) is 11.3 Å². The van der Waals surface area contributed by atoms with E-state index in [-0.39, 0.29) is 24.0 Å². The lowest BCUT2D eigenvalue weighted by atomic mass is 10.1. The van der Waals surface area contributed by atoms with Crippen LogP contribution in [0, 0.1) is 6.92 Å². The van der Waals surface area contributed by atoms with Crippen molar-refractivity contribution in [1.82, 2.24) is 20.9 Å². The van der Waals surface area contributed by atoms with Gasteiger partial charge in [0.05, 0.1) is 17.1 Å². The highest BCUT2D eigenvalue weighted by Crippen LogP contribution is 2.11. The SMILES string of the molecule is CCNC(=NCC(C)(C)NC(=O)OC(C)(C)C)NCCCc1nc(C)cs1.I. The van der Waals surface area contributed by atoms with E-state index in [9.17, 15) is 4.79 Å². The number of hydrogen-bond donors (Lipinski definition) is 3. The first kappa shape index (κ1) is 26.9. The Kier molecular flexibility index (Phi) is 12.0. The smallest absolute Gasteiger partial charge is 0.408 e. The van der Waals surface area contributed by atoms with E-state index < -0.39 is 17.2 Å². The van der Waals surface area contributed by atoms with Crippen molar-refractivity contribution in [2.75, 3.05) is 19.6 Å². The Labute approximate surface area is 190 Å². The van der Waals surface area contributed by atoms with Crippen molar-refractivity contribution in [3.63, 3.8) is 0 Å². The number of rotatable bonds is 8. The van der Waals surface area contributed by atoms with Crippen molar-refractivity contribution in [1.29, 1.82) is 0 Å². The summed E-state index contributed by atoms with van der Waals surface area (Å²) in [5.74, 6) is 0.742. The summed E-state index contributed by atoms with van der Waals surface area (Å²) in [6.45, 7) is 15.5. The quantitative estimate of drug-likeness (QED) is 0.208. The summed E-state index contributed by atoms with van der Waals surface area (Å²) in [5.41, 5.74) is 0.0523. The number of carbonyl (C=O) groups is 1. The highest BCUT2D eigenvalue weighted by molar-refractivity contribution is 14.0. The molecule has 0 aliphatic carbocycles. The number of nitrogens with one attached hydrogen (secondary N) is 3. The maximum atomic E-state index is 12.0. The highest BCUT2D eigenvalue weighted by Gasteiger charge is 2.24. The molecule has 0 aliphatic rings. The van der Waals surface area contributed by atoms with Crippen molar-refractivity contribution in [2.24, 2.45) is 4.99 Å². The molecule has 0 radical (unpaired) electrons. The average molecular weight is 526 g/mol. The topological polar surface area (TPSA) is 87.6 Å². The number of aryl methyl sites for hydroxylation is 2. The van der Waals surface area contributed by atoms with Crippen LogP contribution in [0.3, 0.4) is 0 Å². The Morgan fingerprint density at radius 1 is 1.25 bits per heavy atom. The molecule has 3 N–H and O–H groups in total. The third-order valence-electron chi connectivity index (χ3n) is 3.34. The van der Waals surface area contributed by atoms with E-state index >= 15 is 0 Å². The van der Waals surface area contributed by atoms with Crippen LogP contribution in [0.5, 0.6) is 0 Å². The predicted molar refractivity (Wildman–Crippen MR) is 128 cm³/mol. The van der Waals surface area contributed by atoms with Crippen LogP contribution in [0.4, 0.5) is 4.79 Å². The number of thiazole rings is 1. The fourth-order valence-electron chi connectivity index (χ4n) is 2.20. The molecule has 1 amide bonds. The van der Waals surface area contributed by atoms with Crippen molar-refractivity contribution in [3.05, 3.63) is 16.1 Å². The van der Waals surface area contributed by atoms with Crippen LogP contribution >= 0.6 is 35.3 Å². The van der Waals surface area contributed by atoms with E-state index in [1.807, 2.05) is 48.5 Å². The van der Waals surface area contributed by atoms with E-state index in [2.05, 4.69) is 31.3 Å². The molecule has 0 saturated heterocycles. The van der Waals surface area contributed by atoms with Crippen molar-refractivity contribution in [3.8, 4) is 0 Å². The van der Waals surface area contributed by atoms with Crippen LogP contribution in [0.1, 0.15) is 58.7 Å². The van der Waals surface area contributed by atoms with Crippen LogP contribution in [0.2, 0.25) is 0 Å². The highest BCUT2D eigenvalue weighted by atomic mass is 127. The van der Waals surface area contributed by atoms with Crippen LogP contribution in [0.25, 0.3) is 0 Å². The van der Waals surface area contributed by atoms with Gasteiger partial charge in [0.15, 0.2) is 5.96 Å². The molecule has 28 heavy (non-hydrogen) atoms. The van der Waals surface area contributed by atoms with Crippen LogP contribution in [0.15, 0.2) is 10.4 Å². The Bertz CT molecular complexity index is 626. The van der Waals surface area contributed by atoms with Gasteiger partial charge in [-0.15, -0.1) is 35.3 Å². The summed E-state index contributed by atoms with van der Waals surface area (Å²) < 4.78 is 5.32. The zero-order chi connectivity index (χ0) is 20.5. The van der Waals surface area contributed by atoms with Gasteiger partial charge in [0.25, 0.3) is 0 Å². The molecular weight excluding hydrogens is 489 g/mol. The van der Waals surface area contributed by atoms with Crippen LogP contribution in [-0.2, 0) is 11.2 Å². The minimum Gasteiger partial charge on any atom is -0.444 e. The maximum Gasteiger partial charge on any atom is 0.408 e. The Balaban J connectivity index is 0.00000729. The molecule has 7 nitrogen and oxygen atoms in total. The summed E-state index contributed by atoms with van der Waals surface area (Å²) in [6, 6.07) is 0. The maximum absolute atomic E-state index is 12.0. The minimum absolute atomic E-state index is 0. The third-order valence-corrected chi connectivity index (χ3v) is 4.37. The molecular formula is C19H36IN5O2S. The fraction of sp³-hybridized carbons (Fsp3) is 0.737. The van der Waals surface area contributed by atoms with Crippen LogP contribution in [-0.4, -0.2) is 47.8 Å². The Morgan fingerprint density at radius 3 is 2.46 bits per heavy atom. The second-order valence-corrected chi connectivity index (χ2v) is 9.06. The van der Waals surface area contributed by atoms with Crippen LogP contribution < -0.4 is 16.0 Å². The zero-order valence-corrected chi connectivity index (χ0v) is 21.3. The largest absolute Gasteiger partial charge is 0.444 e. The molecule has 0 aromatic carbocycles. The number of nitrogens with zero attached hydrogens (tertiary/aromatic N) is 2. The van der Waals surface area contributed by atoms with Gasteiger partial charge in [-0.3, -0.25) is 4.99 Å². The van der Waals surface area contributed by atoms with Crippen molar-refractivity contribution < 1.29 is 9.53 Å². The number of alkyl carbamates (subject to hydrolysis) is 1. The van der Waals surface area contributed by atoms with Crippen molar-refractivity contribution >= 4 is 47.4 Å². The molecule has 0 aliphatic heterocycles. The number of halogens is 1. The zero-order valence-electron chi connectivity index (χ0n) is 18.1. The summed E-state index contributed by atoms with van der Waals surface area (Å²) in [5, 5.41) is 12.7. The van der Waals surface area contributed by atoms with E-state index in [0.717, 1.165) is 37.6 Å². The monoisotopic (exact) mass is 525 g/mol. The molecule has 1 aromatic heterocycles. The Morgan fingerprint density at radius 2 is 1.93 bits per heavy atom. The van der Waals surface area contributed by atoms with Gasteiger partial charge < -0.3 is 20.7 Å². The second kappa shape index (κ2) is 12.5. The van der Waals surface area contributed by atoms with Gasteiger partial charge in [-0.25, -0.2) is 9.78 Å². The Hall–Kier alpha value is -1.10. The molecule has 0 unspecified atom stereocenters.